The summed E-state index contributed by atoms with van der Waals surface area (Å²) in [4.78, 5) is 4.39. The molecule has 20 heavy (non-hydrogen) atoms. The van der Waals surface area contributed by atoms with Gasteiger partial charge in [0.1, 0.15) is 11.6 Å². The average Bonchev–Trinajstić information content (AvgIpc) is 2.43. The number of halogens is 1. The van der Waals surface area contributed by atoms with Crippen LogP contribution in [0.4, 0.5) is 4.39 Å². The lowest BCUT2D eigenvalue weighted by Crippen LogP contribution is -1.97. The minimum absolute atomic E-state index is 0.0575. The predicted octanol–water partition coefficient (Wildman–Crippen LogP) is 3.77. The standard InChI is InChI=1S/C16H18FNO2/c1-3-4-13-8-12(10-19)9-16(18-13)20-14-5-6-15(17)11(2)7-14/h5-9,19H,3-4,10H2,1-2H3. The Morgan fingerprint density at radius 1 is 1.25 bits per heavy atom. The van der Waals surface area contributed by atoms with E-state index in [9.17, 15) is 9.50 Å². The van der Waals surface area contributed by atoms with Crippen molar-refractivity contribution in [1.29, 1.82) is 0 Å². The summed E-state index contributed by atoms with van der Waals surface area (Å²) in [5.41, 5.74) is 2.17. The zero-order valence-corrected chi connectivity index (χ0v) is 11.7. The fourth-order valence-corrected chi connectivity index (χ4v) is 1.95. The Kier molecular flexibility index (Phi) is 4.69. The van der Waals surface area contributed by atoms with Crippen LogP contribution in [-0.2, 0) is 13.0 Å². The monoisotopic (exact) mass is 275 g/mol. The summed E-state index contributed by atoms with van der Waals surface area (Å²) in [6.07, 6.45) is 1.80. The van der Waals surface area contributed by atoms with Crippen molar-refractivity contribution in [3.63, 3.8) is 0 Å². The fourth-order valence-electron chi connectivity index (χ4n) is 1.95. The van der Waals surface area contributed by atoms with Gasteiger partial charge in [-0.15, -0.1) is 0 Å². The molecule has 0 saturated carbocycles. The molecule has 1 N–H and O–H groups in total. The second-order valence-electron chi connectivity index (χ2n) is 4.73. The van der Waals surface area contributed by atoms with E-state index in [0.29, 0.717) is 17.2 Å². The molecule has 2 aromatic rings. The van der Waals surface area contributed by atoms with Crippen molar-refractivity contribution < 1.29 is 14.2 Å². The first-order valence-corrected chi connectivity index (χ1v) is 6.67. The highest BCUT2D eigenvalue weighted by molar-refractivity contribution is 5.33. The highest BCUT2D eigenvalue weighted by atomic mass is 19.1. The molecule has 0 amide bonds. The largest absolute Gasteiger partial charge is 0.439 e. The molecule has 0 radical (unpaired) electrons. The molecular formula is C16H18FNO2. The van der Waals surface area contributed by atoms with Crippen LogP contribution in [0.3, 0.4) is 0 Å². The maximum Gasteiger partial charge on any atom is 0.219 e. The van der Waals surface area contributed by atoms with Gasteiger partial charge < -0.3 is 9.84 Å². The van der Waals surface area contributed by atoms with E-state index in [1.54, 1.807) is 25.1 Å². The summed E-state index contributed by atoms with van der Waals surface area (Å²) in [7, 11) is 0. The fraction of sp³-hybridized carbons (Fsp3) is 0.312. The lowest BCUT2D eigenvalue weighted by atomic mass is 10.2. The molecule has 106 valence electrons. The SMILES string of the molecule is CCCc1cc(CO)cc(Oc2ccc(F)c(C)c2)n1. The van der Waals surface area contributed by atoms with E-state index in [1.165, 1.54) is 6.07 Å². The Balaban J connectivity index is 2.27. The van der Waals surface area contributed by atoms with Crippen LogP contribution < -0.4 is 4.74 Å². The van der Waals surface area contributed by atoms with Gasteiger partial charge in [0.2, 0.25) is 5.88 Å². The maximum absolute atomic E-state index is 13.2. The van der Waals surface area contributed by atoms with Crippen molar-refractivity contribution in [2.24, 2.45) is 0 Å². The van der Waals surface area contributed by atoms with Gasteiger partial charge in [0.15, 0.2) is 0 Å². The molecule has 0 bridgehead atoms. The molecule has 2 rings (SSSR count). The van der Waals surface area contributed by atoms with Crippen LogP contribution in [-0.4, -0.2) is 10.1 Å². The first-order chi connectivity index (χ1) is 9.62. The zero-order valence-electron chi connectivity index (χ0n) is 11.7. The lowest BCUT2D eigenvalue weighted by Gasteiger charge is -2.09. The van der Waals surface area contributed by atoms with E-state index in [0.717, 1.165) is 24.1 Å². The van der Waals surface area contributed by atoms with Gasteiger partial charge in [-0.25, -0.2) is 9.37 Å². The Morgan fingerprint density at radius 3 is 2.70 bits per heavy atom. The number of aromatic nitrogens is 1. The number of hydrogen-bond acceptors (Lipinski definition) is 3. The summed E-state index contributed by atoms with van der Waals surface area (Å²) >= 11 is 0. The maximum atomic E-state index is 13.2. The first-order valence-electron chi connectivity index (χ1n) is 6.67. The van der Waals surface area contributed by atoms with Crippen molar-refractivity contribution >= 4 is 0 Å². The second-order valence-corrected chi connectivity index (χ2v) is 4.73. The minimum Gasteiger partial charge on any atom is -0.439 e. The van der Waals surface area contributed by atoms with Gasteiger partial charge >= 0.3 is 0 Å². The summed E-state index contributed by atoms with van der Waals surface area (Å²) < 4.78 is 18.9. The number of ether oxygens (including phenoxy) is 1. The number of pyridine rings is 1. The van der Waals surface area contributed by atoms with Crippen LogP contribution >= 0.6 is 0 Å². The van der Waals surface area contributed by atoms with E-state index in [4.69, 9.17) is 4.74 Å². The Morgan fingerprint density at radius 2 is 2.05 bits per heavy atom. The molecule has 4 heteroatoms. The lowest BCUT2D eigenvalue weighted by molar-refractivity contribution is 0.280. The van der Waals surface area contributed by atoms with Crippen LogP contribution in [0.15, 0.2) is 30.3 Å². The number of aryl methyl sites for hydroxylation is 2. The third kappa shape index (κ3) is 3.54. The number of aliphatic hydroxyl groups is 1. The van der Waals surface area contributed by atoms with Gasteiger partial charge in [-0.1, -0.05) is 13.3 Å². The molecule has 0 aliphatic heterocycles. The normalized spacial score (nSPS) is 10.6. The van der Waals surface area contributed by atoms with E-state index in [1.807, 2.05) is 6.07 Å². The molecule has 0 unspecified atom stereocenters. The quantitative estimate of drug-likeness (QED) is 0.903. The summed E-state index contributed by atoms with van der Waals surface area (Å²) in [6, 6.07) is 8.12. The van der Waals surface area contributed by atoms with Crippen molar-refractivity contribution in [3.8, 4) is 11.6 Å². The molecule has 0 fully saturated rings. The van der Waals surface area contributed by atoms with Gasteiger partial charge in [-0.05, 0) is 48.7 Å². The van der Waals surface area contributed by atoms with Crippen molar-refractivity contribution in [2.45, 2.75) is 33.3 Å². The average molecular weight is 275 g/mol. The molecule has 3 nitrogen and oxygen atoms in total. The number of benzene rings is 1. The predicted molar refractivity (Wildman–Crippen MR) is 75.4 cm³/mol. The Hall–Kier alpha value is -1.94. The van der Waals surface area contributed by atoms with Crippen LogP contribution in [0.25, 0.3) is 0 Å². The molecule has 0 aliphatic carbocycles. The molecular weight excluding hydrogens is 257 g/mol. The number of nitrogens with zero attached hydrogens (tertiary/aromatic N) is 1. The van der Waals surface area contributed by atoms with Crippen molar-refractivity contribution in [2.75, 3.05) is 0 Å². The van der Waals surface area contributed by atoms with Gasteiger partial charge in [0.25, 0.3) is 0 Å². The van der Waals surface area contributed by atoms with Crippen LogP contribution in [0.5, 0.6) is 11.6 Å². The third-order valence-corrected chi connectivity index (χ3v) is 2.96. The molecule has 0 atom stereocenters. The third-order valence-electron chi connectivity index (χ3n) is 2.96. The summed E-state index contributed by atoms with van der Waals surface area (Å²) in [5, 5.41) is 9.27. The van der Waals surface area contributed by atoms with E-state index < -0.39 is 0 Å². The topological polar surface area (TPSA) is 42.4 Å². The van der Waals surface area contributed by atoms with Crippen LogP contribution in [0.2, 0.25) is 0 Å². The molecule has 1 heterocycles. The van der Waals surface area contributed by atoms with Crippen molar-refractivity contribution in [1.82, 2.24) is 4.98 Å². The first kappa shape index (κ1) is 14.5. The van der Waals surface area contributed by atoms with Gasteiger partial charge in [0.05, 0.1) is 6.61 Å². The molecule has 0 aliphatic rings. The van der Waals surface area contributed by atoms with Crippen LogP contribution in [0.1, 0.15) is 30.2 Å². The second kappa shape index (κ2) is 6.48. The molecule has 1 aromatic carbocycles. The van der Waals surface area contributed by atoms with Crippen molar-refractivity contribution in [3.05, 3.63) is 53.0 Å². The summed E-state index contributed by atoms with van der Waals surface area (Å²) in [5.74, 6) is 0.695. The zero-order chi connectivity index (χ0) is 14.5. The Labute approximate surface area is 118 Å². The number of aliphatic hydroxyl groups excluding tert-OH is 1. The summed E-state index contributed by atoms with van der Waals surface area (Å²) in [6.45, 7) is 3.69. The van der Waals surface area contributed by atoms with Gasteiger partial charge in [-0.3, -0.25) is 0 Å². The Bertz CT molecular complexity index is 599. The van der Waals surface area contributed by atoms with Gasteiger partial charge in [-0.2, -0.15) is 0 Å². The molecule has 0 spiro atoms. The van der Waals surface area contributed by atoms with E-state index in [2.05, 4.69) is 11.9 Å². The van der Waals surface area contributed by atoms with Crippen LogP contribution in [0, 0.1) is 12.7 Å². The van der Waals surface area contributed by atoms with E-state index in [-0.39, 0.29) is 12.4 Å². The molecule has 0 saturated heterocycles. The number of rotatable bonds is 5. The number of hydrogen-bond donors (Lipinski definition) is 1. The highest BCUT2D eigenvalue weighted by Crippen LogP contribution is 2.23. The van der Waals surface area contributed by atoms with Gasteiger partial charge in [0, 0.05) is 11.8 Å². The highest BCUT2D eigenvalue weighted by Gasteiger charge is 2.06. The van der Waals surface area contributed by atoms with E-state index >= 15 is 0 Å². The minimum atomic E-state index is -0.263. The molecule has 1 aromatic heterocycles. The smallest absolute Gasteiger partial charge is 0.219 e.